The Morgan fingerprint density at radius 2 is 2.20 bits per heavy atom. The first-order valence-corrected chi connectivity index (χ1v) is 4.86. The van der Waals surface area contributed by atoms with Crippen LogP contribution < -0.4 is 5.73 Å². The maximum absolute atomic E-state index is 11.1. The molecule has 1 heterocycles. The third-order valence-corrected chi connectivity index (χ3v) is 2.58. The number of nitroso groups, excluding NO2 is 1. The first-order valence-electron chi connectivity index (χ1n) is 4.07. The molecule has 0 spiro atoms. The Balaban J connectivity index is 2.87. The summed E-state index contributed by atoms with van der Waals surface area (Å²) in [5.74, 6) is 0. The Bertz CT molecular complexity index is 562. The summed E-state index contributed by atoms with van der Waals surface area (Å²) < 4.78 is 1.99. The van der Waals surface area contributed by atoms with Crippen LogP contribution in [0.15, 0.2) is 34.0 Å². The van der Waals surface area contributed by atoms with Crippen LogP contribution in [0.3, 0.4) is 0 Å². The quantitative estimate of drug-likeness (QED) is 0.807. The first kappa shape index (κ1) is 9.85. The van der Waals surface area contributed by atoms with Gasteiger partial charge < -0.3 is 5.73 Å². The Morgan fingerprint density at radius 3 is 2.80 bits per heavy atom. The van der Waals surface area contributed by atoms with Crippen LogP contribution >= 0.6 is 15.9 Å². The molecule has 76 valence electrons. The van der Waals surface area contributed by atoms with E-state index >= 15 is 0 Å². The van der Waals surface area contributed by atoms with Gasteiger partial charge in [0, 0.05) is 16.1 Å². The first-order chi connectivity index (χ1) is 7.13. The molecule has 0 atom stereocenters. The van der Waals surface area contributed by atoms with Crippen molar-refractivity contribution in [3.8, 4) is 0 Å². The van der Waals surface area contributed by atoms with Gasteiger partial charge in [-0.25, -0.2) is 4.79 Å². The second-order valence-electron chi connectivity index (χ2n) is 2.98. The summed E-state index contributed by atoms with van der Waals surface area (Å²) >= 11 is 3.27. The zero-order valence-corrected chi connectivity index (χ0v) is 9.06. The summed E-state index contributed by atoms with van der Waals surface area (Å²) in [5.41, 5.74) is 5.93. The molecule has 0 aliphatic rings. The van der Waals surface area contributed by atoms with E-state index in [4.69, 9.17) is 5.73 Å². The normalized spacial score (nSPS) is 10.5. The second-order valence-corrected chi connectivity index (χ2v) is 3.89. The van der Waals surface area contributed by atoms with Crippen molar-refractivity contribution in [3.05, 3.63) is 33.8 Å². The largest absolute Gasteiger partial charge is 0.351 e. The van der Waals surface area contributed by atoms with Gasteiger partial charge in [-0.2, -0.15) is 0 Å². The van der Waals surface area contributed by atoms with Crippen molar-refractivity contribution < 1.29 is 4.79 Å². The molecule has 2 rings (SSSR count). The number of fused-ring (bicyclic) bond motifs is 1. The average Bonchev–Trinajstić information content (AvgIpc) is 2.55. The highest BCUT2D eigenvalue weighted by Crippen LogP contribution is 2.30. The lowest BCUT2D eigenvalue weighted by atomic mass is 10.2. The summed E-state index contributed by atoms with van der Waals surface area (Å²) in [5, 5.41) is 3.44. The number of nitrogens with zero attached hydrogens (tertiary/aromatic N) is 2. The van der Waals surface area contributed by atoms with Crippen molar-refractivity contribution in [1.29, 1.82) is 0 Å². The maximum atomic E-state index is 11.1. The highest BCUT2D eigenvalue weighted by atomic mass is 79.9. The Kier molecular flexibility index (Phi) is 2.28. The molecule has 0 bridgehead atoms. The molecular weight excluding hydrogens is 262 g/mol. The van der Waals surface area contributed by atoms with Crippen LogP contribution in [-0.4, -0.2) is 10.6 Å². The van der Waals surface area contributed by atoms with Crippen molar-refractivity contribution in [1.82, 2.24) is 4.57 Å². The van der Waals surface area contributed by atoms with Gasteiger partial charge in [0.15, 0.2) is 0 Å². The number of benzene rings is 1. The standard InChI is InChI=1S/C9H6BrN3O2/c10-5-1-2-6-7(12-15)4-13(9(11)14)8(6)3-5/h1-4H,(H2,11,14). The van der Waals surface area contributed by atoms with Crippen LogP contribution in [0.4, 0.5) is 10.5 Å². The van der Waals surface area contributed by atoms with Crippen LogP contribution in [-0.2, 0) is 0 Å². The van der Waals surface area contributed by atoms with Crippen molar-refractivity contribution in [2.75, 3.05) is 0 Å². The Labute approximate surface area is 93.0 Å². The smallest absolute Gasteiger partial charge is 0.323 e. The van der Waals surface area contributed by atoms with Gasteiger partial charge in [-0.05, 0) is 23.4 Å². The lowest BCUT2D eigenvalue weighted by molar-refractivity contribution is 0.251. The van der Waals surface area contributed by atoms with E-state index in [9.17, 15) is 9.70 Å². The summed E-state index contributed by atoms with van der Waals surface area (Å²) in [4.78, 5) is 21.6. The predicted octanol–water partition coefficient (Wildman–Crippen LogP) is 2.73. The predicted molar refractivity (Wildman–Crippen MR) is 60.1 cm³/mol. The molecule has 1 amide bonds. The van der Waals surface area contributed by atoms with Crippen molar-refractivity contribution in [3.63, 3.8) is 0 Å². The van der Waals surface area contributed by atoms with Gasteiger partial charge in [-0.3, -0.25) is 4.57 Å². The van der Waals surface area contributed by atoms with Gasteiger partial charge in [-0.15, -0.1) is 4.91 Å². The fourth-order valence-corrected chi connectivity index (χ4v) is 1.79. The van der Waals surface area contributed by atoms with E-state index in [1.165, 1.54) is 10.8 Å². The number of rotatable bonds is 1. The van der Waals surface area contributed by atoms with Gasteiger partial charge in [0.05, 0.1) is 5.52 Å². The number of hydrogen-bond acceptors (Lipinski definition) is 3. The van der Waals surface area contributed by atoms with Crippen LogP contribution in [0.1, 0.15) is 0 Å². The highest BCUT2D eigenvalue weighted by molar-refractivity contribution is 9.10. The zero-order valence-electron chi connectivity index (χ0n) is 7.48. The highest BCUT2D eigenvalue weighted by Gasteiger charge is 2.11. The van der Waals surface area contributed by atoms with Crippen molar-refractivity contribution >= 4 is 38.6 Å². The zero-order chi connectivity index (χ0) is 11.0. The number of aromatic nitrogens is 1. The van der Waals surface area contributed by atoms with E-state index in [2.05, 4.69) is 21.1 Å². The summed E-state index contributed by atoms with van der Waals surface area (Å²) in [7, 11) is 0. The molecule has 15 heavy (non-hydrogen) atoms. The number of carbonyl (C=O) groups is 1. The van der Waals surface area contributed by atoms with Gasteiger partial charge in [0.1, 0.15) is 5.69 Å². The molecule has 1 aromatic carbocycles. The summed E-state index contributed by atoms with van der Waals surface area (Å²) in [6.07, 6.45) is 1.33. The molecule has 0 aliphatic carbocycles. The van der Waals surface area contributed by atoms with E-state index < -0.39 is 6.03 Å². The number of nitrogens with two attached hydrogens (primary N) is 1. The lowest BCUT2D eigenvalue weighted by Crippen LogP contribution is -2.17. The number of primary amides is 1. The topological polar surface area (TPSA) is 77.5 Å². The van der Waals surface area contributed by atoms with Gasteiger partial charge >= 0.3 is 6.03 Å². The molecule has 2 N–H and O–H groups in total. The molecular formula is C9H6BrN3O2. The summed E-state index contributed by atoms with van der Waals surface area (Å²) in [6.45, 7) is 0. The van der Waals surface area contributed by atoms with Gasteiger partial charge in [-0.1, -0.05) is 15.9 Å². The van der Waals surface area contributed by atoms with E-state index in [0.717, 1.165) is 4.47 Å². The van der Waals surface area contributed by atoms with Crippen LogP contribution in [0.2, 0.25) is 0 Å². The molecule has 1 aromatic heterocycles. The number of hydrogen-bond donors (Lipinski definition) is 1. The van der Waals surface area contributed by atoms with Crippen molar-refractivity contribution in [2.24, 2.45) is 10.9 Å². The molecule has 0 fully saturated rings. The molecule has 0 aliphatic heterocycles. The second kappa shape index (κ2) is 3.47. The van der Waals surface area contributed by atoms with Gasteiger partial charge in [0.2, 0.25) is 0 Å². The number of amides is 1. The average molecular weight is 268 g/mol. The van der Waals surface area contributed by atoms with Crippen LogP contribution in [0, 0.1) is 4.91 Å². The van der Waals surface area contributed by atoms with E-state index in [-0.39, 0.29) is 5.69 Å². The molecule has 2 aromatic rings. The maximum Gasteiger partial charge on any atom is 0.323 e. The molecule has 0 saturated carbocycles. The monoisotopic (exact) mass is 267 g/mol. The molecule has 5 nitrogen and oxygen atoms in total. The van der Waals surface area contributed by atoms with Crippen LogP contribution in [0.5, 0.6) is 0 Å². The van der Waals surface area contributed by atoms with E-state index in [1.54, 1.807) is 18.2 Å². The minimum atomic E-state index is -0.645. The third kappa shape index (κ3) is 1.52. The molecule has 6 heteroatoms. The van der Waals surface area contributed by atoms with Gasteiger partial charge in [0.25, 0.3) is 0 Å². The van der Waals surface area contributed by atoms with Crippen LogP contribution in [0.25, 0.3) is 10.9 Å². The van der Waals surface area contributed by atoms with E-state index in [0.29, 0.717) is 10.9 Å². The molecule has 0 saturated heterocycles. The fraction of sp³-hybridized carbons (Fsp3) is 0. The molecule has 0 radical (unpaired) electrons. The minimum absolute atomic E-state index is 0.205. The fourth-order valence-electron chi connectivity index (χ4n) is 1.44. The Hall–Kier alpha value is -1.69. The summed E-state index contributed by atoms with van der Waals surface area (Å²) in [6, 6.07) is 4.53. The SMILES string of the molecule is NC(=O)n1cc(N=O)c2ccc(Br)cc21. The lowest BCUT2D eigenvalue weighted by Gasteiger charge is -1.98. The third-order valence-electron chi connectivity index (χ3n) is 2.08. The number of carbonyl (C=O) groups excluding carboxylic acids is 1. The molecule has 0 unspecified atom stereocenters. The van der Waals surface area contributed by atoms with Crippen molar-refractivity contribution in [2.45, 2.75) is 0 Å². The minimum Gasteiger partial charge on any atom is -0.351 e. The van der Waals surface area contributed by atoms with E-state index in [1.807, 2.05) is 0 Å². The number of halogens is 1. The Morgan fingerprint density at radius 1 is 1.47 bits per heavy atom.